The Hall–Kier alpha value is -0.580. The van der Waals surface area contributed by atoms with Gasteiger partial charge < -0.3 is 5.73 Å². The van der Waals surface area contributed by atoms with Crippen LogP contribution in [-0.4, -0.2) is 19.7 Å². The monoisotopic (exact) mass is 301 g/mol. The van der Waals surface area contributed by atoms with E-state index in [1.165, 1.54) is 0 Å². The molecule has 0 saturated heterocycles. The molecule has 0 aliphatic heterocycles. The molecule has 0 bridgehead atoms. The molecular weight excluding hydrogens is 282 g/mol. The Morgan fingerprint density at radius 2 is 1.84 bits per heavy atom. The van der Waals surface area contributed by atoms with Crippen molar-refractivity contribution in [3.8, 4) is 0 Å². The van der Waals surface area contributed by atoms with Crippen LogP contribution in [0.1, 0.15) is 26.7 Å². The third kappa shape index (κ3) is 2.81. The summed E-state index contributed by atoms with van der Waals surface area (Å²) in [5.74, 6) is 0.530. The lowest BCUT2D eigenvalue weighted by Gasteiger charge is -2.37. The van der Waals surface area contributed by atoms with Gasteiger partial charge in [-0.2, -0.15) is 0 Å². The summed E-state index contributed by atoms with van der Waals surface area (Å²) in [5, 5.41) is -0.260. The maximum absolute atomic E-state index is 12.8. The summed E-state index contributed by atoms with van der Waals surface area (Å²) in [6.45, 7) is 4.09. The van der Waals surface area contributed by atoms with Crippen molar-refractivity contribution in [1.29, 1.82) is 0 Å². The SMILES string of the molecule is CC1CC(C)C(S(=O)(=O)c2ccccc2Cl)C(N)C1. The summed E-state index contributed by atoms with van der Waals surface area (Å²) in [6.07, 6.45) is 1.64. The number of hydrogen-bond acceptors (Lipinski definition) is 3. The smallest absolute Gasteiger partial charge is 0.184 e. The lowest BCUT2D eigenvalue weighted by atomic mass is 9.80. The molecule has 0 heterocycles. The van der Waals surface area contributed by atoms with Gasteiger partial charge in [-0.15, -0.1) is 0 Å². The Balaban J connectivity index is 2.42. The highest BCUT2D eigenvalue weighted by atomic mass is 35.5. The van der Waals surface area contributed by atoms with Crippen molar-refractivity contribution in [1.82, 2.24) is 0 Å². The second kappa shape index (κ2) is 5.43. The van der Waals surface area contributed by atoms with E-state index in [2.05, 4.69) is 6.92 Å². The van der Waals surface area contributed by atoms with Crippen LogP contribution in [0, 0.1) is 11.8 Å². The highest BCUT2D eigenvalue weighted by Crippen LogP contribution is 2.36. The van der Waals surface area contributed by atoms with Crippen molar-refractivity contribution in [2.24, 2.45) is 17.6 Å². The first-order chi connectivity index (χ1) is 8.84. The zero-order chi connectivity index (χ0) is 14.2. The van der Waals surface area contributed by atoms with Gasteiger partial charge in [-0.3, -0.25) is 0 Å². The lowest BCUT2D eigenvalue weighted by Crippen LogP contribution is -2.49. The molecule has 1 saturated carbocycles. The fourth-order valence-corrected chi connectivity index (χ4v) is 5.90. The van der Waals surface area contributed by atoms with E-state index in [1.54, 1.807) is 24.3 Å². The van der Waals surface area contributed by atoms with Gasteiger partial charge in [-0.25, -0.2) is 8.42 Å². The van der Waals surface area contributed by atoms with Gasteiger partial charge in [0.2, 0.25) is 0 Å². The first kappa shape index (κ1) is 14.8. The number of nitrogens with two attached hydrogens (primary N) is 1. The molecule has 1 aromatic rings. The van der Waals surface area contributed by atoms with E-state index in [9.17, 15) is 8.42 Å². The average molecular weight is 302 g/mol. The van der Waals surface area contributed by atoms with Gasteiger partial charge in [0.05, 0.1) is 15.2 Å². The molecule has 1 fully saturated rings. The number of sulfone groups is 1. The van der Waals surface area contributed by atoms with Crippen molar-refractivity contribution in [3.63, 3.8) is 0 Å². The molecule has 4 unspecified atom stereocenters. The molecule has 5 heteroatoms. The predicted molar refractivity (Wildman–Crippen MR) is 78.0 cm³/mol. The van der Waals surface area contributed by atoms with Gasteiger partial charge in [0.15, 0.2) is 9.84 Å². The van der Waals surface area contributed by atoms with E-state index in [0.717, 1.165) is 12.8 Å². The molecule has 1 aliphatic carbocycles. The maximum atomic E-state index is 12.8. The van der Waals surface area contributed by atoms with Crippen LogP contribution in [0.15, 0.2) is 29.2 Å². The molecule has 0 spiro atoms. The minimum absolute atomic E-state index is 0.0556. The minimum atomic E-state index is -3.47. The Kier molecular flexibility index (Phi) is 4.23. The van der Waals surface area contributed by atoms with Gasteiger partial charge >= 0.3 is 0 Å². The van der Waals surface area contributed by atoms with Crippen molar-refractivity contribution in [2.45, 2.75) is 42.9 Å². The minimum Gasteiger partial charge on any atom is -0.326 e. The number of halogens is 1. The third-order valence-electron chi connectivity index (χ3n) is 3.93. The third-order valence-corrected chi connectivity index (χ3v) is 6.87. The average Bonchev–Trinajstić information content (AvgIpc) is 2.27. The maximum Gasteiger partial charge on any atom is 0.184 e. The molecule has 3 nitrogen and oxygen atoms in total. The van der Waals surface area contributed by atoms with Crippen LogP contribution < -0.4 is 5.73 Å². The van der Waals surface area contributed by atoms with Crippen molar-refractivity contribution in [2.75, 3.05) is 0 Å². The molecule has 2 rings (SSSR count). The van der Waals surface area contributed by atoms with Gasteiger partial charge in [0.25, 0.3) is 0 Å². The van der Waals surface area contributed by atoms with Crippen molar-refractivity contribution >= 4 is 21.4 Å². The van der Waals surface area contributed by atoms with Crippen LogP contribution in [0.25, 0.3) is 0 Å². The Morgan fingerprint density at radius 3 is 2.42 bits per heavy atom. The Bertz CT molecular complexity index is 546. The molecule has 19 heavy (non-hydrogen) atoms. The zero-order valence-corrected chi connectivity index (χ0v) is 12.8. The summed E-state index contributed by atoms with van der Waals surface area (Å²) in [6, 6.07) is 6.28. The molecule has 0 aromatic heterocycles. The molecule has 1 aliphatic rings. The van der Waals surface area contributed by atoms with E-state index < -0.39 is 15.1 Å². The Morgan fingerprint density at radius 1 is 1.21 bits per heavy atom. The first-order valence-electron chi connectivity index (χ1n) is 6.58. The predicted octanol–water partition coefficient (Wildman–Crippen LogP) is 2.88. The van der Waals surface area contributed by atoms with E-state index in [4.69, 9.17) is 17.3 Å². The second-order valence-electron chi connectivity index (χ2n) is 5.66. The highest BCUT2D eigenvalue weighted by Gasteiger charge is 2.41. The fraction of sp³-hybridized carbons (Fsp3) is 0.571. The van der Waals surface area contributed by atoms with Crippen molar-refractivity contribution in [3.05, 3.63) is 29.3 Å². The summed E-state index contributed by atoms with van der Waals surface area (Å²) < 4.78 is 25.5. The van der Waals surface area contributed by atoms with Gasteiger partial charge in [-0.1, -0.05) is 37.6 Å². The molecule has 1 aromatic carbocycles. The number of rotatable bonds is 2. The van der Waals surface area contributed by atoms with Crippen LogP contribution in [0.3, 0.4) is 0 Å². The standard InChI is InChI=1S/C14H20ClNO2S/c1-9-7-10(2)14(12(16)8-9)19(17,18)13-6-4-3-5-11(13)15/h3-6,9-10,12,14H,7-8,16H2,1-2H3. The highest BCUT2D eigenvalue weighted by molar-refractivity contribution is 7.92. The lowest BCUT2D eigenvalue weighted by molar-refractivity contribution is 0.271. The molecular formula is C14H20ClNO2S. The summed E-state index contributed by atoms with van der Waals surface area (Å²) >= 11 is 6.03. The fourth-order valence-electron chi connectivity index (χ4n) is 3.24. The summed E-state index contributed by atoms with van der Waals surface area (Å²) in [4.78, 5) is 0.207. The van der Waals surface area contributed by atoms with Gasteiger partial charge in [0.1, 0.15) is 0 Å². The molecule has 0 amide bonds. The quantitative estimate of drug-likeness (QED) is 0.913. The first-order valence-corrected chi connectivity index (χ1v) is 8.50. The normalized spacial score (nSPS) is 32.2. The van der Waals surface area contributed by atoms with Crippen LogP contribution in [0.4, 0.5) is 0 Å². The van der Waals surface area contributed by atoms with E-state index >= 15 is 0 Å². The largest absolute Gasteiger partial charge is 0.326 e. The van der Waals surface area contributed by atoms with Crippen LogP contribution in [-0.2, 0) is 9.84 Å². The summed E-state index contributed by atoms with van der Waals surface area (Å²) in [7, 11) is -3.47. The van der Waals surface area contributed by atoms with Crippen LogP contribution >= 0.6 is 11.6 Å². The topological polar surface area (TPSA) is 60.2 Å². The van der Waals surface area contributed by atoms with E-state index in [-0.39, 0.29) is 21.9 Å². The molecule has 106 valence electrons. The molecule has 2 N–H and O–H groups in total. The number of benzene rings is 1. The number of hydrogen-bond donors (Lipinski definition) is 1. The van der Waals surface area contributed by atoms with Crippen LogP contribution in [0.5, 0.6) is 0 Å². The molecule has 0 radical (unpaired) electrons. The zero-order valence-electron chi connectivity index (χ0n) is 11.2. The Labute approximate surface area is 120 Å². The summed E-state index contributed by atoms with van der Waals surface area (Å²) in [5.41, 5.74) is 6.11. The molecule has 4 atom stereocenters. The van der Waals surface area contributed by atoms with Crippen molar-refractivity contribution < 1.29 is 8.42 Å². The van der Waals surface area contributed by atoms with Gasteiger partial charge in [-0.05, 0) is 36.8 Å². The second-order valence-corrected chi connectivity index (χ2v) is 8.14. The van der Waals surface area contributed by atoms with Gasteiger partial charge in [0, 0.05) is 6.04 Å². The van der Waals surface area contributed by atoms with E-state index in [1.807, 2.05) is 6.92 Å². The van der Waals surface area contributed by atoms with Crippen LogP contribution in [0.2, 0.25) is 5.02 Å². The van der Waals surface area contributed by atoms with E-state index in [0.29, 0.717) is 5.92 Å².